The summed E-state index contributed by atoms with van der Waals surface area (Å²) in [6.45, 7) is 3.34. The highest BCUT2D eigenvalue weighted by Crippen LogP contribution is 2.47. The molecule has 0 radical (unpaired) electrons. The normalized spacial score (nSPS) is 21.4. The number of phosphoric ester groups is 1. The predicted molar refractivity (Wildman–Crippen MR) is 258 cm³/mol. The van der Waals surface area contributed by atoms with E-state index in [1.54, 1.807) is 0 Å². The molecule has 0 spiro atoms. The number of rotatable bonds is 45. The third-order valence-corrected chi connectivity index (χ3v) is 13.6. The van der Waals surface area contributed by atoms with Crippen molar-refractivity contribution < 1.29 is 63.1 Å². The number of hydrogen-bond acceptors (Lipinski definition) is 12. The van der Waals surface area contributed by atoms with E-state index in [-0.39, 0.29) is 12.8 Å². The highest BCUT2D eigenvalue weighted by atomic mass is 31.2. The lowest BCUT2D eigenvalue weighted by Gasteiger charge is -2.41. The maximum absolute atomic E-state index is 12.9. The second-order valence-electron chi connectivity index (χ2n) is 18.7. The van der Waals surface area contributed by atoms with Gasteiger partial charge in [-0.15, -0.1) is 0 Å². The van der Waals surface area contributed by atoms with E-state index in [4.69, 9.17) is 18.5 Å². The molecule has 1 aliphatic rings. The van der Waals surface area contributed by atoms with Crippen molar-refractivity contribution in [2.75, 3.05) is 13.2 Å². The fourth-order valence-corrected chi connectivity index (χ4v) is 9.32. The lowest BCUT2D eigenvalue weighted by Crippen LogP contribution is -2.64. The van der Waals surface area contributed by atoms with Crippen LogP contribution < -0.4 is 0 Å². The van der Waals surface area contributed by atoms with Crippen molar-refractivity contribution in [3.8, 4) is 0 Å². The van der Waals surface area contributed by atoms with Crippen molar-refractivity contribution in [1.82, 2.24) is 0 Å². The van der Waals surface area contributed by atoms with Crippen LogP contribution in [0, 0.1) is 0 Å². The van der Waals surface area contributed by atoms with E-state index in [0.717, 1.165) is 51.4 Å². The monoisotopic (exact) mass is 949 g/mol. The highest BCUT2D eigenvalue weighted by molar-refractivity contribution is 7.47. The van der Waals surface area contributed by atoms with Crippen LogP contribution in [0.2, 0.25) is 0 Å². The van der Waals surface area contributed by atoms with Crippen LogP contribution in [0.4, 0.5) is 0 Å². The number of carbonyl (C=O) groups excluding carboxylic acids is 2. The zero-order chi connectivity index (χ0) is 47.8. The molecule has 0 aliphatic heterocycles. The molecule has 1 fully saturated rings. The van der Waals surface area contributed by atoms with E-state index in [1.807, 2.05) is 0 Å². The van der Waals surface area contributed by atoms with Crippen LogP contribution in [0.1, 0.15) is 245 Å². The van der Waals surface area contributed by atoms with Crippen molar-refractivity contribution in [2.45, 2.75) is 288 Å². The molecule has 65 heavy (non-hydrogen) atoms. The summed E-state index contributed by atoms with van der Waals surface area (Å²) in [5.74, 6) is -1.09. The van der Waals surface area contributed by atoms with Gasteiger partial charge >= 0.3 is 19.8 Å². The second kappa shape index (κ2) is 41.6. The van der Waals surface area contributed by atoms with Gasteiger partial charge in [0, 0.05) is 12.8 Å². The largest absolute Gasteiger partial charge is 0.472 e. The van der Waals surface area contributed by atoms with Crippen molar-refractivity contribution in [3.63, 3.8) is 0 Å². The first-order valence-corrected chi connectivity index (χ1v) is 28.0. The summed E-state index contributed by atoms with van der Waals surface area (Å²) in [5, 5.41) is 50.3. The van der Waals surface area contributed by atoms with Gasteiger partial charge < -0.3 is 39.9 Å². The van der Waals surface area contributed by atoms with E-state index in [0.29, 0.717) is 12.8 Å². The molecule has 14 heteroatoms. The number of phosphoric acid groups is 1. The summed E-state index contributed by atoms with van der Waals surface area (Å²) in [4.78, 5) is 35.9. The number of ether oxygens (including phenoxy) is 2. The fraction of sp³-hybridized carbons (Fsp3) is 0.922. The predicted octanol–water partition coefficient (Wildman–Crippen LogP) is 11.4. The molecular formula is C51H97O13P. The molecule has 1 rings (SSSR count). The van der Waals surface area contributed by atoms with Crippen LogP contribution in [0.25, 0.3) is 0 Å². The molecule has 0 amide bonds. The average Bonchev–Trinajstić information content (AvgIpc) is 3.29. The van der Waals surface area contributed by atoms with Crippen LogP contribution >= 0.6 is 7.82 Å². The Kier molecular flexibility index (Phi) is 39.4. The Morgan fingerprint density at radius 2 is 0.785 bits per heavy atom. The summed E-state index contributed by atoms with van der Waals surface area (Å²) < 4.78 is 33.7. The van der Waals surface area contributed by atoms with E-state index in [2.05, 4.69) is 26.0 Å². The molecule has 6 unspecified atom stereocenters. The molecule has 0 heterocycles. The average molecular weight is 949 g/mol. The van der Waals surface area contributed by atoms with E-state index in [9.17, 15) is 44.6 Å². The van der Waals surface area contributed by atoms with Gasteiger partial charge in [-0.05, 0) is 38.5 Å². The lowest BCUT2D eigenvalue weighted by atomic mass is 9.85. The van der Waals surface area contributed by atoms with Gasteiger partial charge in [0.1, 0.15) is 43.2 Å². The van der Waals surface area contributed by atoms with Gasteiger partial charge in [-0.1, -0.05) is 206 Å². The van der Waals surface area contributed by atoms with E-state index >= 15 is 0 Å². The number of aliphatic hydroxyl groups excluding tert-OH is 5. The Labute approximate surface area is 394 Å². The van der Waals surface area contributed by atoms with Gasteiger partial charge in [-0.25, -0.2) is 4.57 Å². The first-order valence-electron chi connectivity index (χ1n) is 26.5. The molecule has 13 nitrogen and oxygen atoms in total. The van der Waals surface area contributed by atoms with Crippen LogP contribution in [-0.4, -0.2) is 98.3 Å². The molecule has 0 aromatic rings. The SMILES string of the molecule is CCCCCCCCC/C=C\CCCCCCCCCC(=O)OC(COC(=O)CCCCCCCCCCCCCCCCCCCC)COP(=O)(O)OC1C(O)C(O)C(O)C(O)C1O. The van der Waals surface area contributed by atoms with Gasteiger partial charge in [0.15, 0.2) is 6.10 Å². The summed E-state index contributed by atoms with van der Waals surface area (Å²) in [5.41, 5.74) is 0. The lowest BCUT2D eigenvalue weighted by molar-refractivity contribution is -0.220. The third kappa shape index (κ3) is 33.7. The topological polar surface area (TPSA) is 210 Å². The maximum Gasteiger partial charge on any atom is 0.472 e. The molecule has 6 atom stereocenters. The third-order valence-electron chi connectivity index (χ3n) is 12.6. The Hall–Kier alpha value is -1.41. The van der Waals surface area contributed by atoms with Gasteiger partial charge in [0.05, 0.1) is 6.61 Å². The first kappa shape index (κ1) is 61.6. The van der Waals surface area contributed by atoms with Crippen molar-refractivity contribution in [2.24, 2.45) is 0 Å². The van der Waals surface area contributed by atoms with Crippen LogP contribution in [0.5, 0.6) is 0 Å². The summed E-state index contributed by atoms with van der Waals surface area (Å²) in [6, 6.07) is 0. The second-order valence-corrected chi connectivity index (χ2v) is 20.1. The molecule has 384 valence electrons. The van der Waals surface area contributed by atoms with Crippen molar-refractivity contribution >= 4 is 19.8 Å². The van der Waals surface area contributed by atoms with Gasteiger partial charge in [0.2, 0.25) is 0 Å². The maximum atomic E-state index is 12.9. The number of allylic oxidation sites excluding steroid dienone is 2. The summed E-state index contributed by atoms with van der Waals surface area (Å²) in [6.07, 6.45) is 32.5. The first-order chi connectivity index (χ1) is 31.4. The van der Waals surface area contributed by atoms with Crippen LogP contribution in [-0.2, 0) is 32.7 Å². The Morgan fingerprint density at radius 3 is 1.17 bits per heavy atom. The molecular weight excluding hydrogens is 852 g/mol. The highest BCUT2D eigenvalue weighted by Gasteiger charge is 2.51. The van der Waals surface area contributed by atoms with E-state index < -0.39 is 75.7 Å². The van der Waals surface area contributed by atoms with Crippen molar-refractivity contribution in [3.05, 3.63) is 12.2 Å². The minimum absolute atomic E-state index is 0.0964. The number of unbranched alkanes of at least 4 members (excludes halogenated alkanes) is 31. The summed E-state index contributed by atoms with van der Waals surface area (Å²) in [7, 11) is -5.12. The molecule has 1 saturated carbocycles. The zero-order valence-corrected chi connectivity index (χ0v) is 41.9. The Balaban J connectivity index is 2.38. The zero-order valence-electron chi connectivity index (χ0n) is 41.1. The minimum atomic E-state index is -5.12. The molecule has 0 aromatic heterocycles. The van der Waals surface area contributed by atoms with Gasteiger partial charge in [-0.3, -0.25) is 18.6 Å². The van der Waals surface area contributed by atoms with Gasteiger partial charge in [-0.2, -0.15) is 0 Å². The molecule has 0 saturated heterocycles. The number of hydrogen-bond donors (Lipinski definition) is 6. The smallest absolute Gasteiger partial charge is 0.462 e. The number of aliphatic hydroxyl groups is 5. The standard InChI is InChI=1S/C51H97O13P/c1-3-5-7-9-11-13-15-17-19-21-23-25-27-29-31-33-35-37-39-44(52)61-41-43(42-62-65(59,60)64-51-49(57)47(55)46(54)48(56)50(51)58)63-45(53)40-38-36-34-32-30-28-26-24-22-20-18-16-14-12-10-8-6-4-2/h20,22,43,46-51,54-58H,3-19,21,23-42H2,1-2H3,(H,59,60)/b22-20-. The van der Waals surface area contributed by atoms with Crippen LogP contribution in [0.15, 0.2) is 12.2 Å². The van der Waals surface area contributed by atoms with E-state index in [1.165, 1.54) is 154 Å². The Morgan fingerprint density at radius 1 is 0.462 bits per heavy atom. The molecule has 0 bridgehead atoms. The quantitative estimate of drug-likeness (QED) is 0.0145. The van der Waals surface area contributed by atoms with Gasteiger partial charge in [0.25, 0.3) is 0 Å². The molecule has 6 N–H and O–H groups in total. The minimum Gasteiger partial charge on any atom is -0.462 e. The fourth-order valence-electron chi connectivity index (χ4n) is 8.34. The van der Waals surface area contributed by atoms with Crippen LogP contribution in [0.3, 0.4) is 0 Å². The van der Waals surface area contributed by atoms with Crippen molar-refractivity contribution in [1.29, 1.82) is 0 Å². The Bertz CT molecular complexity index is 1190. The molecule has 0 aromatic carbocycles. The molecule has 1 aliphatic carbocycles. The number of carbonyl (C=O) groups is 2. The summed E-state index contributed by atoms with van der Waals surface area (Å²) >= 11 is 0. The number of esters is 2.